The highest BCUT2D eigenvalue weighted by Crippen LogP contribution is 2.28. The Morgan fingerprint density at radius 1 is 1.21 bits per heavy atom. The van der Waals surface area contributed by atoms with E-state index < -0.39 is 0 Å². The van der Waals surface area contributed by atoms with Gasteiger partial charge in [-0.25, -0.2) is 4.39 Å². The number of thioether (sulfide) groups is 1. The van der Waals surface area contributed by atoms with E-state index in [1.807, 2.05) is 16.7 Å². The fourth-order valence-corrected chi connectivity index (χ4v) is 4.78. The molecule has 2 aliphatic rings. The third-order valence-corrected chi connectivity index (χ3v) is 6.83. The van der Waals surface area contributed by atoms with Crippen molar-refractivity contribution < 1.29 is 9.18 Å². The first-order valence-electron chi connectivity index (χ1n) is 10.4. The molecule has 1 heterocycles. The summed E-state index contributed by atoms with van der Waals surface area (Å²) in [5, 5.41) is 7.49. The Labute approximate surface area is 177 Å². The van der Waals surface area contributed by atoms with Gasteiger partial charge in [-0.1, -0.05) is 0 Å². The van der Waals surface area contributed by atoms with Crippen LogP contribution in [0.2, 0.25) is 0 Å². The number of anilines is 1. The molecule has 1 amide bonds. The predicted molar refractivity (Wildman–Crippen MR) is 119 cm³/mol. The van der Waals surface area contributed by atoms with Crippen molar-refractivity contribution in [1.29, 1.82) is 0 Å². The van der Waals surface area contributed by atoms with Gasteiger partial charge in [-0.3, -0.25) is 9.79 Å². The molecular formula is C21H32FN5OS. The number of hydrogen-bond acceptors (Lipinski definition) is 4. The van der Waals surface area contributed by atoms with Gasteiger partial charge >= 0.3 is 0 Å². The number of halogens is 1. The summed E-state index contributed by atoms with van der Waals surface area (Å²) in [5.41, 5.74) is 1.01. The van der Waals surface area contributed by atoms with Crippen molar-refractivity contribution in [3.05, 3.63) is 30.1 Å². The van der Waals surface area contributed by atoms with E-state index in [-0.39, 0.29) is 11.7 Å². The lowest BCUT2D eigenvalue weighted by Gasteiger charge is -2.36. The number of benzene rings is 1. The third-order valence-electron chi connectivity index (χ3n) is 5.74. The molecule has 0 bridgehead atoms. The minimum atomic E-state index is -0.225. The van der Waals surface area contributed by atoms with Crippen molar-refractivity contribution in [2.75, 3.05) is 50.9 Å². The third kappa shape index (κ3) is 6.26. The van der Waals surface area contributed by atoms with Crippen LogP contribution in [0.3, 0.4) is 0 Å². The molecule has 29 heavy (non-hydrogen) atoms. The summed E-state index contributed by atoms with van der Waals surface area (Å²) < 4.78 is 13.1. The van der Waals surface area contributed by atoms with Crippen LogP contribution in [0.1, 0.15) is 25.7 Å². The SMILES string of the molecule is CN=C(NCCC(=O)N1CCN(c2ccc(F)cc2)CC1)NC1CCC(SC)C1. The van der Waals surface area contributed by atoms with Crippen molar-refractivity contribution in [2.24, 2.45) is 4.99 Å². The van der Waals surface area contributed by atoms with Crippen LogP contribution in [-0.2, 0) is 4.79 Å². The standard InChI is InChI=1S/C21H32FN5OS/c1-23-21(25-17-5-8-19(15-17)29-2)24-10-9-20(28)27-13-11-26(12-14-27)18-6-3-16(22)4-7-18/h3-4,6-7,17,19H,5,8-15H2,1-2H3,(H2,23,24,25). The van der Waals surface area contributed by atoms with Crippen LogP contribution in [0.25, 0.3) is 0 Å². The minimum absolute atomic E-state index is 0.162. The molecule has 2 N–H and O–H groups in total. The summed E-state index contributed by atoms with van der Waals surface area (Å²) in [4.78, 5) is 20.9. The Bertz CT molecular complexity index is 691. The van der Waals surface area contributed by atoms with E-state index in [1.165, 1.54) is 31.4 Å². The Kier molecular flexibility index (Phi) is 8.03. The maximum Gasteiger partial charge on any atom is 0.224 e. The molecule has 1 aromatic carbocycles. The largest absolute Gasteiger partial charge is 0.368 e. The first-order valence-corrected chi connectivity index (χ1v) is 11.7. The van der Waals surface area contributed by atoms with Crippen molar-refractivity contribution in [3.8, 4) is 0 Å². The molecule has 0 aromatic heterocycles. The zero-order chi connectivity index (χ0) is 20.6. The Morgan fingerprint density at radius 3 is 2.55 bits per heavy atom. The fourth-order valence-electron chi connectivity index (χ4n) is 3.99. The molecule has 1 saturated carbocycles. The van der Waals surface area contributed by atoms with E-state index in [9.17, 15) is 9.18 Å². The maximum atomic E-state index is 13.1. The molecule has 160 valence electrons. The van der Waals surface area contributed by atoms with Gasteiger partial charge in [-0.2, -0.15) is 11.8 Å². The summed E-state index contributed by atoms with van der Waals surface area (Å²) in [7, 11) is 1.77. The summed E-state index contributed by atoms with van der Waals surface area (Å²) in [6, 6.07) is 7.01. The van der Waals surface area contributed by atoms with Crippen LogP contribution in [0.4, 0.5) is 10.1 Å². The number of piperazine rings is 1. The summed E-state index contributed by atoms with van der Waals surface area (Å²) in [6.45, 7) is 3.51. The highest BCUT2D eigenvalue weighted by atomic mass is 32.2. The second-order valence-electron chi connectivity index (χ2n) is 7.61. The summed E-state index contributed by atoms with van der Waals surface area (Å²) >= 11 is 1.94. The molecule has 2 fully saturated rings. The Hall–Kier alpha value is -1.96. The molecule has 1 aliphatic heterocycles. The smallest absolute Gasteiger partial charge is 0.224 e. The number of hydrogen-bond donors (Lipinski definition) is 2. The van der Waals surface area contributed by atoms with Gasteiger partial charge in [0.25, 0.3) is 0 Å². The van der Waals surface area contributed by atoms with Gasteiger partial charge < -0.3 is 20.4 Å². The molecule has 8 heteroatoms. The van der Waals surface area contributed by atoms with Gasteiger partial charge in [0, 0.05) is 63.2 Å². The van der Waals surface area contributed by atoms with Crippen LogP contribution in [0, 0.1) is 5.82 Å². The van der Waals surface area contributed by atoms with Crippen molar-refractivity contribution in [1.82, 2.24) is 15.5 Å². The fraction of sp³-hybridized carbons (Fsp3) is 0.619. The summed E-state index contributed by atoms with van der Waals surface area (Å²) in [5.74, 6) is 0.720. The number of carbonyl (C=O) groups is 1. The lowest BCUT2D eigenvalue weighted by atomic mass is 10.2. The van der Waals surface area contributed by atoms with E-state index in [1.54, 1.807) is 19.2 Å². The number of guanidine groups is 1. The average molecular weight is 422 g/mol. The van der Waals surface area contributed by atoms with Gasteiger partial charge in [-0.15, -0.1) is 0 Å². The number of carbonyl (C=O) groups excluding carboxylic acids is 1. The zero-order valence-corrected chi connectivity index (χ0v) is 18.2. The molecule has 1 saturated heterocycles. The van der Waals surface area contributed by atoms with Crippen molar-refractivity contribution >= 4 is 29.3 Å². The number of amides is 1. The van der Waals surface area contributed by atoms with E-state index in [0.717, 1.165) is 30.0 Å². The average Bonchev–Trinajstić information content (AvgIpc) is 3.21. The lowest BCUT2D eigenvalue weighted by molar-refractivity contribution is -0.131. The Balaban J connectivity index is 1.36. The van der Waals surface area contributed by atoms with E-state index >= 15 is 0 Å². The van der Waals surface area contributed by atoms with Gasteiger partial charge in [0.2, 0.25) is 5.91 Å². The van der Waals surface area contributed by atoms with E-state index in [4.69, 9.17) is 0 Å². The van der Waals surface area contributed by atoms with Crippen LogP contribution in [0.5, 0.6) is 0 Å². The van der Waals surface area contributed by atoms with Gasteiger partial charge in [0.15, 0.2) is 5.96 Å². The molecule has 2 atom stereocenters. The Morgan fingerprint density at radius 2 is 1.93 bits per heavy atom. The normalized spacial score (nSPS) is 22.7. The number of aliphatic imine (C=N–C) groups is 1. The van der Waals surface area contributed by atoms with Crippen molar-refractivity contribution in [3.63, 3.8) is 0 Å². The van der Waals surface area contributed by atoms with E-state index in [2.05, 4.69) is 26.8 Å². The molecule has 6 nitrogen and oxygen atoms in total. The van der Waals surface area contributed by atoms with Crippen LogP contribution in [0.15, 0.2) is 29.3 Å². The monoisotopic (exact) mass is 421 g/mol. The number of nitrogens with one attached hydrogen (secondary N) is 2. The van der Waals surface area contributed by atoms with Gasteiger partial charge in [0.05, 0.1) is 0 Å². The van der Waals surface area contributed by atoms with E-state index in [0.29, 0.717) is 32.1 Å². The van der Waals surface area contributed by atoms with Crippen molar-refractivity contribution in [2.45, 2.75) is 37.0 Å². The number of rotatable bonds is 6. The minimum Gasteiger partial charge on any atom is -0.368 e. The highest BCUT2D eigenvalue weighted by molar-refractivity contribution is 7.99. The van der Waals surface area contributed by atoms with Gasteiger partial charge in [0.1, 0.15) is 5.82 Å². The van der Waals surface area contributed by atoms with Gasteiger partial charge in [-0.05, 0) is 49.8 Å². The van der Waals surface area contributed by atoms with Crippen LogP contribution in [-0.4, -0.2) is 74.1 Å². The topological polar surface area (TPSA) is 60.0 Å². The molecule has 3 rings (SSSR count). The lowest BCUT2D eigenvalue weighted by Crippen LogP contribution is -2.49. The molecule has 1 aromatic rings. The second-order valence-corrected chi connectivity index (χ2v) is 8.74. The molecule has 1 aliphatic carbocycles. The number of nitrogens with zero attached hydrogens (tertiary/aromatic N) is 3. The molecule has 0 radical (unpaired) electrons. The van der Waals surface area contributed by atoms with Crippen LogP contribution >= 0.6 is 11.8 Å². The maximum absolute atomic E-state index is 13.1. The molecular weight excluding hydrogens is 389 g/mol. The quantitative estimate of drug-likeness (QED) is 0.545. The molecule has 0 spiro atoms. The zero-order valence-electron chi connectivity index (χ0n) is 17.4. The highest BCUT2D eigenvalue weighted by Gasteiger charge is 2.25. The first kappa shape index (κ1) is 21.7. The first-order chi connectivity index (χ1) is 14.1. The molecule has 2 unspecified atom stereocenters. The van der Waals surface area contributed by atoms with Crippen LogP contribution < -0.4 is 15.5 Å². The predicted octanol–water partition coefficient (Wildman–Crippen LogP) is 2.31. The second kappa shape index (κ2) is 10.7. The summed E-state index contributed by atoms with van der Waals surface area (Å²) in [6.07, 6.45) is 6.21.